The SMILES string of the molecule is C=N/C(CCCC)=C(\C)Cc1ccc(-c2ccccc2C(=NC)NO)cc1. The van der Waals surface area contributed by atoms with Crippen LogP contribution >= 0.6 is 0 Å². The highest BCUT2D eigenvalue weighted by Crippen LogP contribution is 2.25. The molecule has 0 unspecified atom stereocenters. The molecule has 0 aliphatic heterocycles. The Labute approximate surface area is 162 Å². The maximum absolute atomic E-state index is 9.33. The number of aliphatic imine (C=N–C) groups is 2. The second kappa shape index (κ2) is 10.4. The van der Waals surface area contributed by atoms with E-state index in [4.69, 9.17) is 0 Å². The number of hydrogen-bond donors (Lipinski definition) is 2. The van der Waals surface area contributed by atoms with E-state index >= 15 is 0 Å². The summed E-state index contributed by atoms with van der Waals surface area (Å²) in [5.41, 5.74) is 8.79. The van der Waals surface area contributed by atoms with Gasteiger partial charge >= 0.3 is 0 Å². The number of rotatable bonds is 8. The Morgan fingerprint density at radius 3 is 2.41 bits per heavy atom. The molecule has 2 rings (SSSR count). The number of allylic oxidation sites excluding steroid dienone is 2. The first-order chi connectivity index (χ1) is 13.1. The van der Waals surface area contributed by atoms with Gasteiger partial charge in [0.2, 0.25) is 0 Å². The third-order valence-electron chi connectivity index (χ3n) is 4.70. The lowest BCUT2D eigenvalue weighted by atomic mass is 9.96. The Balaban J connectivity index is 2.26. The zero-order valence-electron chi connectivity index (χ0n) is 16.5. The Morgan fingerprint density at radius 2 is 1.81 bits per heavy atom. The van der Waals surface area contributed by atoms with Crippen molar-refractivity contribution >= 4 is 12.6 Å². The largest absolute Gasteiger partial charge is 0.290 e. The van der Waals surface area contributed by atoms with Gasteiger partial charge in [-0.25, -0.2) is 0 Å². The van der Waals surface area contributed by atoms with E-state index in [0.717, 1.165) is 48.1 Å². The molecule has 0 radical (unpaired) electrons. The van der Waals surface area contributed by atoms with Gasteiger partial charge in [-0.05, 0) is 55.2 Å². The molecule has 0 fully saturated rings. The van der Waals surface area contributed by atoms with Crippen LogP contribution in [0, 0.1) is 0 Å². The fraction of sp³-hybridized carbons (Fsp3) is 0.304. The summed E-state index contributed by atoms with van der Waals surface area (Å²) < 4.78 is 0. The minimum absolute atomic E-state index is 0.450. The van der Waals surface area contributed by atoms with E-state index in [0.29, 0.717) is 5.84 Å². The van der Waals surface area contributed by atoms with Crippen LogP contribution in [0.5, 0.6) is 0 Å². The third kappa shape index (κ3) is 5.38. The number of hydrogen-bond acceptors (Lipinski definition) is 3. The van der Waals surface area contributed by atoms with Crippen LogP contribution in [0.3, 0.4) is 0 Å². The second-order valence-electron chi connectivity index (χ2n) is 6.59. The highest BCUT2D eigenvalue weighted by Gasteiger charge is 2.10. The molecule has 4 nitrogen and oxygen atoms in total. The van der Waals surface area contributed by atoms with Crippen LogP contribution in [0.25, 0.3) is 11.1 Å². The van der Waals surface area contributed by atoms with Gasteiger partial charge in [0.1, 0.15) is 0 Å². The molecule has 0 bridgehead atoms. The maximum Gasteiger partial charge on any atom is 0.152 e. The highest BCUT2D eigenvalue weighted by molar-refractivity contribution is 6.03. The summed E-state index contributed by atoms with van der Waals surface area (Å²) in [6, 6.07) is 16.4. The molecule has 0 heterocycles. The molecule has 0 aliphatic carbocycles. The van der Waals surface area contributed by atoms with Crippen molar-refractivity contribution in [3.63, 3.8) is 0 Å². The third-order valence-corrected chi connectivity index (χ3v) is 4.70. The van der Waals surface area contributed by atoms with Gasteiger partial charge in [-0.1, -0.05) is 61.9 Å². The summed E-state index contributed by atoms with van der Waals surface area (Å²) in [6.07, 6.45) is 4.16. The van der Waals surface area contributed by atoms with Gasteiger partial charge in [0.05, 0.1) is 0 Å². The van der Waals surface area contributed by atoms with Crippen LogP contribution in [0.4, 0.5) is 0 Å². The van der Waals surface area contributed by atoms with Crippen molar-refractivity contribution in [3.8, 4) is 11.1 Å². The topological polar surface area (TPSA) is 57.0 Å². The summed E-state index contributed by atoms with van der Waals surface area (Å²) in [5, 5.41) is 9.33. The molecular formula is C23H29N3O. The van der Waals surface area contributed by atoms with Gasteiger partial charge < -0.3 is 0 Å². The molecular weight excluding hydrogens is 334 g/mol. The summed E-state index contributed by atoms with van der Waals surface area (Å²) in [4.78, 5) is 8.33. The first kappa shape index (κ1) is 20.6. The lowest BCUT2D eigenvalue weighted by molar-refractivity contribution is 0.235. The second-order valence-corrected chi connectivity index (χ2v) is 6.59. The molecule has 2 aromatic carbocycles. The number of benzene rings is 2. The van der Waals surface area contributed by atoms with Crippen LogP contribution in [-0.4, -0.2) is 24.8 Å². The Bertz CT molecular complexity index is 820. The van der Waals surface area contributed by atoms with E-state index in [2.05, 4.69) is 60.3 Å². The molecule has 0 amide bonds. The molecule has 0 atom stereocenters. The lowest BCUT2D eigenvalue weighted by Gasteiger charge is -2.12. The maximum atomic E-state index is 9.33. The van der Waals surface area contributed by atoms with Gasteiger partial charge in [0.15, 0.2) is 5.84 Å². The van der Waals surface area contributed by atoms with E-state index in [1.165, 1.54) is 11.1 Å². The molecule has 0 aromatic heterocycles. The predicted molar refractivity (Wildman–Crippen MR) is 115 cm³/mol. The quantitative estimate of drug-likeness (QED) is 0.374. The van der Waals surface area contributed by atoms with E-state index < -0.39 is 0 Å². The van der Waals surface area contributed by atoms with Crippen molar-refractivity contribution in [2.75, 3.05) is 7.05 Å². The van der Waals surface area contributed by atoms with Gasteiger partial charge in [0.25, 0.3) is 0 Å². The summed E-state index contributed by atoms with van der Waals surface area (Å²) >= 11 is 0. The first-order valence-electron chi connectivity index (χ1n) is 9.35. The lowest BCUT2D eigenvalue weighted by Crippen LogP contribution is -2.20. The van der Waals surface area contributed by atoms with Crippen LogP contribution < -0.4 is 5.48 Å². The van der Waals surface area contributed by atoms with Crippen molar-refractivity contribution < 1.29 is 5.21 Å². The van der Waals surface area contributed by atoms with Gasteiger partial charge in [-0.15, -0.1) is 0 Å². The summed E-state index contributed by atoms with van der Waals surface area (Å²) in [6.45, 7) is 8.05. The van der Waals surface area contributed by atoms with Crippen molar-refractivity contribution in [2.24, 2.45) is 9.98 Å². The standard InChI is InChI=1S/C23H29N3O/c1-5-6-11-22(24-3)17(2)16-18-12-14-19(15-13-18)20-9-7-8-10-21(20)23(25-4)26-27/h7-10,12-15,27H,3,5-6,11,16H2,1-2,4H3,(H,25,26)/b22-17+. The average Bonchev–Trinajstić information content (AvgIpc) is 2.70. The molecule has 2 aromatic rings. The van der Waals surface area contributed by atoms with E-state index in [-0.39, 0.29) is 0 Å². The van der Waals surface area contributed by atoms with Crippen molar-refractivity contribution in [1.82, 2.24) is 5.48 Å². The van der Waals surface area contributed by atoms with Gasteiger partial charge in [-0.2, -0.15) is 0 Å². The number of nitrogens with one attached hydrogen (secondary N) is 1. The summed E-state index contributed by atoms with van der Waals surface area (Å²) in [5.74, 6) is 0.450. The van der Waals surface area contributed by atoms with Crippen molar-refractivity contribution in [1.29, 1.82) is 0 Å². The summed E-state index contributed by atoms with van der Waals surface area (Å²) in [7, 11) is 1.65. The number of unbranched alkanes of at least 4 members (excludes halogenated alkanes) is 1. The molecule has 142 valence electrons. The van der Waals surface area contributed by atoms with Crippen LogP contribution in [0.2, 0.25) is 0 Å². The van der Waals surface area contributed by atoms with Crippen LogP contribution in [0.15, 0.2) is 69.8 Å². The number of amidine groups is 1. The molecule has 0 spiro atoms. The Morgan fingerprint density at radius 1 is 1.11 bits per heavy atom. The number of nitrogens with zero attached hydrogens (tertiary/aromatic N) is 2. The van der Waals surface area contributed by atoms with Crippen molar-refractivity contribution in [2.45, 2.75) is 39.5 Å². The van der Waals surface area contributed by atoms with Gasteiger partial charge in [-0.3, -0.25) is 20.7 Å². The highest BCUT2D eigenvalue weighted by atomic mass is 16.5. The zero-order valence-corrected chi connectivity index (χ0v) is 16.5. The minimum atomic E-state index is 0.450. The number of hydroxylamine groups is 1. The molecule has 27 heavy (non-hydrogen) atoms. The zero-order chi connectivity index (χ0) is 19.6. The van der Waals surface area contributed by atoms with E-state index in [1.54, 1.807) is 7.05 Å². The van der Waals surface area contributed by atoms with E-state index in [9.17, 15) is 5.21 Å². The smallest absolute Gasteiger partial charge is 0.152 e. The fourth-order valence-electron chi connectivity index (χ4n) is 3.15. The minimum Gasteiger partial charge on any atom is -0.290 e. The Hall–Kier alpha value is -2.72. The van der Waals surface area contributed by atoms with Crippen molar-refractivity contribution in [3.05, 3.63) is 70.9 Å². The van der Waals surface area contributed by atoms with Crippen LogP contribution in [0.1, 0.15) is 44.2 Å². The average molecular weight is 364 g/mol. The molecule has 2 N–H and O–H groups in total. The molecule has 0 saturated heterocycles. The molecule has 0 saturated carbocycles. The Kier molecular flexibility index (Phi) is 7.96. The fourth-order valence-corrected chi connectivity index (χ4v) is 3.15. The normalized spacial score (nSPS) is 12.5. The predicted octanol–water partition coefficient (Wildman–Crippen LogP) is 5.42. The molecule has 4 heteroatoms. The first-order valence-corrected chi connectivity index (χ1v) is 9.35. The molecule has 0 aliphatic rings. The van der Waals surface area contributed by atoms with Crippen LogP contribution in [-0.2, 0) is 6.42 Å². The van der Waals surface area contributed by atoms with Gasteiger partial charge in [0, 0.05) is 18.3 Å². The monoisotopic (exact) mass is 363 g/mol. The van der Waals surface area contributed by atoms with E-state index in [1.807, 2.05) is 24.3 Å².